The second-order valence-electron chi connectivity index (χ2n) is 11.6. The van der Waals surface area contributed by atoms with Gasteiger partial charge in [-0.25, -0.2) is 0 Å². The van der Waals surface area contributed by atoms with Gasteiger partial charge in [0.05, 0.1) is 49.1 Å². The molecule has 1 spiro atoms. The largest absolute Gasteiger partial charge is 0.465 e. The van der Waals surface area contributed by atoms with Gasteiger partial charge in [-0.1, -0.05) is 42.5 Å². The molecule has 4 aliphatic rings. The highest BCUT2D eigenvalue weighted by Gasteiger charge is 2.74. The second kappa shape index (κ2) is 13.8. The highest BCUT2D eigenvalue weighted by atomic mass is 32.2. The zero-order chi connectivity index (χ0) is 29.7. The summed E-state index contributed by atoms with van der Waals surface area (Å²) >= 11 is 1.62. The van der Waals surface area contributed by atoms with Crippen molar-refractivity contribution >= 4 is 29.5 Å². The van der Waals surface area contributed by atoms with E-state index in [9.17, 15) is 19.5 Å². The third kappa shape index (κ3) is 5.91. The van der Waals surface area contributed by atoms with Crippen LogP contribution >= 0.6 is 11.8 Å². The van der Waals surface area contributed by atoms with Gasteiger partial charge in [-0.15, -0.1) is 24.9 Å². The molecule has 4 aliphatic heterocycles. The molecule has 2 amide bonds. The first-order chi connectivity index (χ1) is 20.4. The number of rotatable bonds is 14. The molecule has 228 valence electrons. The minimum Gasteiger partial charge on any atom is -0.465 e. The van der Waals surface area contributed by atoms with E-state index in [0.29, 0.717) is 52.1 Å². The first kappa shape index (κ1) is 30.8. The van der Waals surface area contributed by atoms with E-state index in [0.717, 1.165) is 25.1 Å². The van der Waals surface area contributed by atoms with Crippen molar-refractivity contribution in [2.45, 2.75) is 47.8 Å². The molecule has 0 saturated carbocycles. The lowest BCUT2D eigenvalue weighted by Gasteiger charge is -2.40. The maximum atomic E-state index is 14.7. The molecule has 2 bridgehead atoms. The van der Waals surface area contributed by atoms with Crippen molar-refractivity contribution in [2.75, 3.05) is 59.2 Å². The average Bonchev–Trinajstić information content (AvgIpc) is 3.66. The van der Waals surface area contributed by atoms with Crippen LogP contribution in [-0.2, 0) is 30.3 Å². The third-order valence-corrected chi connectivity index (χ3v) is 11.1. The van der Waals surface area contributed by atoms with Crippen LogP contribution in [0.1, 0.15) is 24.8 Å². The molecule has 4 saturated heterocycles. The summed E-state index contributed by atoms with van der Waals surface area (Å²) in [6.45, 7) is 12.0. The lowest BCUT2D eigenvalue weighted by Crippen LogP contribution is -2.58. The van der Waals surface area contributed by atoms with Gasteiger partial charge in [0.1, 0.15) is 6.04 Å². The Morgan fingerprint density at radius 1 is 1.21 bits per heavy atom. The van der Waals surface area contributed by atoms with Crippen LogP contribution in [0.3, 0.4) is 0 Å². The number of thioether (sulfide) groups is 1. The Balaban J connectivity index is 1.48. The number of carbonyl (C=O) groups is 3. The molecule has 2 unspecified atom stereocenters. The minimum absolute atomic E-state index is 0.0736. The summed E-state index contributed by atoms with van der Waals surface area (Å²) in [6.07, 6.45) is 5.77. The maximum absolute atomic E-state index is 14.7. The highest BCUT2D eigenvalue weighted by molar-refractivity contribution is 8.02. The number of likely N-dealkylation sites (tertiary alicyclic amines) is 1. The van der Waals surface area contributed by atoms with Crippen LogP contribution < -0.4 is 0 Å². The van der Waals surface area contributed by atoms with Gasteiger partial charge in [0, 0.05) is 38.0 Å². The summed E-state index contributed by atoms with van der Waals surface area (Å²) in [7, 11) is 0. The molecule has 9 nitrogen and oxygen atoms in total. The number of aliphatic hydroxyl groups is 1. The molecular formula is C32H43N3O6S. The SMILES string of the molecule is C=CCCOC(=O)[C@@H]1[C@@H]2CCC3(S2)C(C(=O)N(CC=C)CCN2CCOCC2)N([C@@H](CO)Cc2ccccc2)C(=O)[C@H]13. The van der Waals surface area contributed by atoms with Crippen LogP contribution in [0.5, 0.6) is 0 Å². The van der Waals surface area contributed by atoms with Gasteiger partial charge in [0.25, 0.3) is 0 Å². The number of nitrogens with zero attached hydrogens (tertiary/aromatic N) is 3. The molecule has 4 heterocycles. The first-order valence-electron chi connectivity index (χ1n) is 15.1. The fraction of sp³-hybridized carbons (Fsp3) is 0.594. The molecule has 1 aromatic carbocycles. The fourth-order valence-corrected chi connectivity index (χ4v) is 9.40. The lowest BCUT2D eigenvalue weighted by atomic mass is 9.71. The van der Waals surface area contributed by atoms with Gasteiger partial charge in [-0.3, -0.25) is 19.3 Å². The topological polar surface area (TPSA) is 99.6 Å². The van der Waals surface area contributed by atoms with Crippen molar-refractivity contribution in [2.24, 2.45) is 11.8 Å². The van der Waals surface area contributed by atoms with E-state index < -0.39 is 28.7 Å². The number of esters is 1. The van der Waals surface area contributed by atoms with E-state index in [1.54, 1.807) is 33.7 Å². The Morgan fingerprint density at radius 2 is 1.98 bits per heavy atom. The molecule has 0 aromatic heterocycles. The Bertz CT molecular complexity index is 1140. The maximum Gasteiger partial charge on any atom is 0.310 e. The lowest BCUT2D eigenvalue weighted by molar-refractivity contribution is -0.154. The molecule has 1 N–H and O–H groups in total. The Kier molecular flexibility index (Phi) is 10.1. The zero-order valence-corrected chi connectivity index (χ0v) is 25.1. The molecule has 42 heavy (non-hydrogen) atoms. The van der Waals surface area contributed by atoms with Crippen molar-refractivity contribution < 1.29 is 29.0 Å². The van der Waals surface area contributed by atoms with Gasteiger partial charge < -0.3 is 24.4 Å². The monoisotopic (exact) mass is 597 g/mol. The molecule has 5 rings (SSSR count). The average molecular weight is 598 g/mol. The van der Waals surface area contributed by atoms with E-state index >= 15 is 0 Å². The number of benzene rings is 1. The van der Waals surface area contributed by atoms with Crippen LogP contribution in [0.2, 0.25) is 0 Å². The molecule has 4 fully saturated rings. The highest BCUT2D eigenvalue weighted by Crippen LogP contribution is 2.67. The molecule has 10 heteroatoms. The normalized spacial score (nSPS) is 29.3. The number of hydrogen-bond acceptors (Lipinski definition) is 8. The van der Waals surface area contributed by atoms with E-state index in [1.807, 2.05) is 30.3 Å². The fourth-order valence-electron chi connectivity index (χ4n) is 7.21. The minimum atomic E-state index is -0.790. The summed E-state index contributed by atoms with van der Waals surface area (Å²) < 4.78 is 10.3. The predicted octanol–water partition coefficient (Wildman–Crippen LogP) is 2.15. The summed E-state index contributed by atoms with van der Waals surface area (Å²) in [5, 5.41) is 10.6. The molecule has 0 aliphatic carbocycles. The molecule has 6 atom stereocenters. The number of fused-ring (bicyclic) bond motifs is 1. The van der Waals surface area contributed by atoms with Gasteiger partial charge in [0.2, 0.25) is 11.8 Å². The number of amides is 2. The van der Waals surface area contributed by atoms with Crippen molar-refractivity contribution in [3.8, 4) is 0 Å². The van der Waals surface area contributed by atoms with Crippen molar-refractivity contribution in [3.05, 3.63) is 61.2 Å². The van der Waals surface area contributed by atoms with Crippen molar-refractivity contribution in [1.82, 2.24) is 14.7 Å². The van der Waals surface area contributed by atoms with Crippen LogP contribution in [0.4, 0.5) is 0 Å². The van der Waals surface area contributed by atoms with Gasteiger partial charge in [-0.2, -0.15) is 0 Å². The Labute approximate surface area is 252 Å². The third-order valence-electron chi connectivity index (χ3n) is 9.18. The van der Waals surface area contributed by atoms with Crippen LogP contribution in [0, 0.1) is 11.8 Å². The van der Waals surface area contributed by atoms with Crippen LogP contribution in [0.25, 0.3) is 0 Å². The van der Waals surface area contributed by atoms with Crippen molar-refractivity contribution in [1.29, 1.82) is 0 Å². The first-order valence-corrected chi connectivity index (χ1v) is 15.9. The number of ether oxygens (including phenoxy) is 2. The quantitative estimate of drug-likeness (QED) is 0.198. The van der Waals surface area contributed by atoms with Gasteiger partial charge in [-0.05, 0) is 31.2 Å². The van der Waals surface area contributed by atoms with E-state index in [1.165, 1.54) is 0 Å². The van der Waals surface area contributed by atoms with Crippen LogP contribution in [0.15, 0.2) is 55.6 Å². The number of morpholine rings is 1. The van der Waals surface area contributed by atoms with E-state index in [4.69, 9.17) is 9.47 Å². The second-order valence-corrected chi connectivity index (χ2v) is 13.2. The summed E-state index contributed by atoms with van der Waals surface area (Å²) in [4.78, 5) is 48.3. The van der Waals surface area contributed by atoms with Crippen molar-refractivity contribution in [3.63, 3.8) is 0 Å². The van der Waals surface area contributed by atoms with Crippen LogP contribution in [-0.4, -0.2) is 119 Å². The predicted molar refractivity (Wildman–Crippen MR) is 162 cm³/mol. The van der Waals surface area contributed by atoms with E-state index in [2.05, 4.69) is 18.1 Å². The van der Waals surface area contributed by atoms with Gasteiger partial charge >= 0.3 is 5.97 Å². The number of carbonyl (C=O) groups excluding carboxylic acids is 3. The standard InChI is InChI=1S/C32H43N3O6S/c1-3-5-18-41-31(39)26-25-11-12-32(42-25)27(26)29(37)35(24(22-36)21-23-9-7-6-8-10-23)28(32)30(38)34(13-4-2)15-14-33-16-19-40-20-17-33/h3-4,6-10,24-28,36H,1-2,5,11-22H2/t24-,25+,26-,27+,28?,32?/m1/s1. The molecular weight excluding hydrogens is 554 g/mol. The molecule has 0 radical (unpaired) electrons. The zero-order valence-electron chi connectivity index (χ0n) is 24.3. The van der Waals surface area contributed by atoms with Gasteiger partial charge in [0.15, 0.2) is 0 Å². The van der Waals surface area contributed by atoms with E-state index in [-0.39, 0.29) is 36.2 Å². The number of hydrogen-bond donors (Lipinski definition) is 1. The summed E-state index contributed by atoms with van der Waals surface area (Å²) in [5.74, 6) is -2.02. The summed E-state index contributed by atoms with van der Waals surface area (Å²) in [6, 6.07) is 8.31. The smallest absolute Gasteiger partial charge is 0.310 e. The summed E-state index contributed by atoms with van der Waals surface area (Å²) in [5.41, 5.74) is 0.970. The number of aliphatic hydroxyl groups excluding tert-OH is 1. The Morgan fingerprint density at radius 3 is 2.67 bits per heavy atom. The molecule has 1 aromatic rings. The Hall–Kier alpha value is -2.66.